The number of hydrogen-bond donors (Lipinski definition) is 0. The molecule has 0 aliphatic heterocycles. The van der Waals surface area contributed by atoms with Crippen molar-refractivity contribution in [3.8, 4) is 0 Å². The average Bonchev–Trinajstić information content (AvgIpc) is 3.29. The van der Waals surface area contributed by atoms with Gasteiger partial charge in [0.25, 0.3) is 0 Å². The zero-order valence-corrected chi connectivity index (χ0v) is 16.7. The predicted octanol–water partition coefficient (Wildman–Crippen LogP) is 3.06. The van der Waals surface area contributed by atoms with Crippen LogP contribution in [-0.2, 0) is 20.8 Å². The molecular formula is C21H21N3O5. The number of benzene rings is 1. The molecule has 2 aromatic rings. The van der Waals surface area contributed by atoms with E-state index in [2.05, 4.69) is 10.3 Å². The van der Waals surface area contributed by atoms with E-state index in [4.69, 9.17) is 9.57 Å². The van der Waals surface area contributed by atoms with Crippen LogP contribution in [-0.4, -0.2) is 46.0 Å². The fourth-order valence-corrected chi connectivity index (χ4v) is 3.06. The first-order chi connectivity index (χ1) is 13.7. The summed E-state index contributed by atoms with van der Waals surface area (Å²) in [6, 6.07) is 5.26. The number of nitrogens with zero attached hydrogens (tertiary/aromatic N) is 3. The van der Waals surface area contributed by atoms with Crippen LogP contribution in [0.2, 0.25) is 0 Å². The Morgan fingerprint density at radius 3 is 2.62 bits per heavy atom. The average molecular weight is 395 g/mol. The third kappa shape index (κ3) is 4.33. The molecule has 1 aromatic heterocycles. The number of rotatable bonds is 4. The number of aromatic nitrogens is 2. The lowest BCUT2D eigenvalue weighted by Gasteiger charge is -2.18. The number of Topliss-reactive ketones (excluding diaryl/α,β-unsaturated/α-hetero) is 1. The summed E-state index contributed by atoms with van der Waals surface area (Å²) in [5.41, 5.74) is 2.46. The first kappa shape index (κ1) is 20.2. The summed E-state index contributed by atoms with van der Waals surface area (Å²) in [6.45, 7) is 5.18. The highest BCUT2D eigenvalue weighted by Crippen LogP contribution is 2.27. The smallest absolute Gasteiger partial charge is 0.435 e. The van der Waals surface area contributed by atoms with Crippen LogP contribution in [0.5, 0.6) is 0 Å². The Balaban J connectivity index is 1.85. The van der Waals surface area contributed by atoms with Crippen LogP contribution in [0.1, 0.15) is 54.2 Å². The van der Waals surface area contributed by atoms with E-state index in [0.717, 1.165) is 34.4 Å². The van der Waals surface area contributed by atoms with Gasteiger partial charge in [-0.1, -0.05) is 17.3 Å². The van der Waals surface area contributed by atoms with Gasteiger partial charge in [0.05, 0.1) is 17.5 Å². The number of oxime groups is 1. The second-order valence-electron chi connectivity index (χ2n) is 7.55. The maximum absolute atomic E-state index is 12.8. The number of ether oxygens (including phenoxy) is 1. The number of hydrogen-bond acceptors (Lipinski definition) is 7. The van der Waals surface area contributed by atoms with E-state index in [9.17, 15) is 14.4 Å². The van der Waals surface area contributed by atoms with Gasteiger partial charge in [-0.25, -0.2) is 9.59 Å². The SMILES string of the molecule is CON=C1CCc2cc(C(=C=O)C(=O)c3cnn(C(=O)OC(C)(C)C)c3)ccc21. The molecule has 1 aliphatic carbocycles. The molecule has 29 heavy (non-hydrogen) atoms. The molecule has 0 saturated carbocycles. The minimum absolute atomic E-state index is 0.0938. The van der Waals surface area contributed by atoms with Gasteiger partial charge in [-0.2, -0.15) is 9.78 Å². The fourth-order valence-electron chi connectivity index (χ4n) is 3.06. The second-order valence-corrected chi connectivity index (χ2v) is 7.55. The lowest BCUT2D eigenvalue weighted by atomic mass is 9.96. The Bertz CT molecular complexity index is 1050. The van der Waals surface area contributed by atoms with Crippen molar-refractivity contribution in [2.75, 3.05) is 7.11 Å². The van der Waals surface area contributed by atoms with Crippen LogP contribution < -0.4 is 0 Å². The lowest BCUT2D eigenvalue weighted by Crippen LogP contribution is -2.27. The molecule has 1 aliphatic rings. The van der Waals surface area contributed by atoms with Crippen LogP contribution in [0, 0.1) is 0 Å². The third-order valence-corrected chi connectivity index (χ3v) is 4.29. The van der Waals surface area contributed by atoms with Crippen molar-refractivity contribution < 1.29 is 24.0 Å². The monoisotopic (exact) mass is 395 g/mol. The van der Waals surface area contributed by atoms with Crippen LogP contribution in [0.15, 0.2) is 35.7 Å². The second kappa shape index (κ2) is 7.85. The molecule has 0 saturated heterocycles. The predicted molar refractivity (Wildman–Crippen MR) is 106 cm³/mol. The molecule has 8 nitrogen and oxygen atoms in total. The van der Waals surface area contributed by atoms with Gasteiger partial charge < -0.3 is 9.57 Å². The quantitative estimate of drug-likeness (QED) is 0.341. The highest BCUT2D eigenvalue weighted by molar-refractivity contribution is 6.35. The topological polar surface area (TPSA) is 99.9 Å². The first-order valence-corrected chi connectivity index (χ1v) is 9.05. The molecule has 150 valence electrons. The molecular weight excluding hydrogens is 374 g/mol. The Morgan fingerprint density at radius 2 is 1.97 bits per heavy atom. The van der Waals surface area contributed by atoms with Gasteiger partial charge in [0, 0.05) is 11.8 Å². The molecule has 0 atom stereocenters. The molecule has 0 unspecified atom stereocenters. The molecule has 3 rings (SSSR count). The Hall–Kier alpha value is -3.51. The number of fused-ring (bicyclic) bond motifs is 1. The minimum atomic E-state index is -0.712. The summed E-state index contributed by atoms with van der Waals surface area (Å²) in [5.74, 6) is 1.16. The maximum Gasteiger partial charge on any atom is 0.435 e. The highest BCUT2D eigenvalue weighted by Gasteiger charge is 2.24. The maximum atomic E-state index is 12.8. The van der Waals surface area contributed by atoms with Gasteiger partial charge >= 0.3 is 6.09 Å². The largest absolute Gasteiger partial charge is 0.442 e. The Kier molecular flexibility index (Phi) is 5.48. The van der Waals surface area contributed by atoms with Crippen molar-refractivity contribution >= 4 is 29.1 Å². The standard InChI is InChI=1S/C21H21N3O5/c1-21(2,3)29-20(27)24-11-15(10-22-24)19(26)17(12-25)14-5-7-16-13(9-14)6-8-18(16)23-28-4/h5,7,9-11H,6,8H2,1-4H3. The molecule has 0 radical (unpaired) electrons. The van der Waals surface area contributed by atoms with Gasteiger partial charge in [-0.3, -0.25) is 4.79 Å². The van der Waals surface area contributed by atoms with Crippen molar-refractivity contribution in [1.82, 2.24) is 9.78 Å². The summed E-state index contributed by atoms with van der Waals surface area (Å²) >= 11 is 0. The van der Waals surface area contributed by atoms with Crippen molar-refractivity contribution in [3.63, 3.8) is 0 Å². The van der Waals surface area contributed by atoms with E-state index in [1.165, 1.54) is 19.5 Å². The number of ketones is 1. The summed E-state index contributed by atoms with van der Waals surface area (Å²) in [6.07, 6.45) is 3.21. The summed E-state index contributed by atoms with van der Waals surface area (Å²) < 4.78 is 6.14. The van der Waals surface area contributed by atoms with E-state index in [1.807, 2.05) is 6.07 Å². The molecule has 1 aromatic carbocycles. The van der Waals surface area contributed by atoms with Crippen molar-refractivity contribution in [1.29, 1.82) is 0 Å². The summed E-state index contributed by atoms with van der Waals surface area (Å²) in [5, 5.41) is 7.87. The fraction of sp³-hybridized carbons (Fsp3) is 0.333. The molecule has 0 spiro atoms. The molecule has 8 heteroatoms. The normalized spacial score (nSPS) is 14.3. The van der Waals surface area contributed by atoms with E-state index in [0.29, 0.717) is 5.56 Å². The van der Waals surface area contributed by atoms with Crippen molar-refractivity contribution in [2.45, 2.75) is 39.2 Å². The Labute approximate surface area is 167 Å². The van der Waals surface area contributed by atoms with Gasteiger partial charge in [0.15, 0.2) is 0 Å². The summed E-state index contributed by atoms with van der Waals surface area (Å²) in [7, 11) is 1.49. The highest BCUT2D eigenvalue weighted by atomic mass is 16.6. The number of carbonyl (C=O) groups excluding carboxylic acids is 3. The number of allylic oxidation sites excluding steroid dienone is 1. The van der Waals surface area contributed by atoms with Crippen LogP contribution >= 0.6 is 0 Å². The molecule has 0 amide bonds. The van der Waals surface area contributed by atoms with E-state index >= 15 is 0 Å². The molecule has 0 N–H and O–H groups in total. The molecule has 0 bridgehead atoms. The summed E-state index contributed by atoms with van der Waals surface area (Å²) in [4.78, 5) is 41.3. The van der Waals surface area contributed by atoms with Crippen LogP contribution in [0.25, 0.3) is 5.57 Å². The molecule has 1 heterocycles. The zero-order chi connectivity index (χ0) is 21.2. The number of aryl methyl sites for hydroxylation is 1. The van der Waals surface area contributed by atoms with Crippen LogP contribution in [0.3, 0.4) is 0 Å². The van der Waals surface area contributed by atoms with E-state index in [1.54, 1.807) is 38.8 Å². The van der Waals surface area contributed by atoms with Gasteiger partial charge in [-0.15, -0.1) is 0 Å². The molecule has 0 fully saturated rings. The minimum Gasteiger partial charge on any atom is -0.442 e. The van der Waals surface area contributed by atoms with Gasteiger partial charge in [-0.05, 0) is 50.8 Å². The van der Waals surface area contributed by atoms with Crippen molar-refractivity contribution in [3.05, 3.63) is 52.8 Å². The van der Waals surface area contributed by atoms with E-state index in [-0.39, 0.29) is 11.1 Å². The van der Waals surface area contributed by atoms with E-state index < -0.39 is 17.5 Å². The van der Waals surface area contributed by atoms with Gasteiger partial charge in [0.2, 0.25) is 5.78 Å². The zero-order valence-electron chi connectivity index (χ0n) is 16.7. The Morgan fingerprint density at radius 1 is 1.21 bits per heavy atom. The lowest BCUT2D eigenvalue weighted by molar-refractivity contribution is 0.0514. The van der Waals surface area contributed by atoms with Gasteiger partial charge in [0.1, 0.15) is 24.2 Å². The first-order valence-electron chi connectivity index (χ1n) is 9.05. The van der Waals surface area contributed by atoms with Crippen LogP contribution in [0.4, 0.5) is 4.79 Å². The third-order valence-electron chi connectivity index (χ3n) is 4.29. The van der Waals surface area contributed by atoms with Crippen molar-refractivity contribution in [2.24, 2.45) is 5.16 Å². The number of carbonyl (C=O) groups is 2.